The molecule has 0 spiro atoms. The molecule has 0 saturated carbocycles. The lowest BCUT2D eigenvalue weighted by Gasteiger charge is -2.34. The molecule has 1 aromatic rings. The summed E-state index contributed by atoms with van der Waals surface area (Å²) in [5.41, 5.74) is 5.15. The van der Waals surface area contributed by atoms with Gasteiger partial charge in [-0.25, -0.2) is 0 Å². The summed E-state index contributed by atoms with van der Waals surface area (Å²) in [6.07, 6.45) is 19.4. The summed E-state index contributed by atoms with van der Waals surface area (Å²) in [6, 6.07) is 8.60. The number of amides is 1. The number of nitrogens with one attached hydrogen (secondary N) is 1. The highest BCUT2D eigenvalue weighted by Crippen LogP contribution is 2.36. The molecule has 2 rings (SSSR count). The third-order valence-electron chi connectivity index (χ3n) is 7.00. The van der Waals surface area contributed by atoms with Crippen molar-refractivity contribution in [3.05, 3.63) is 48.0 Å². The Morgan fingerprint density at radius 3 is 2.09 bits per heavy atom. The molecule has 1 amide bonds. The van der Waals surface area contributed by atoms with Gasteiger partial charge in [0.1, 0.15) is 5.70 Å². The number of rotatable bonds is 17. The maximum absolute atomic E-state index is 12.2. The largest absolute Gasteiger partial charge is 0.356 e. The second-order valence-corrected chi connectivity index (χ2v) is 10.3. The Balaban J connectivity index is 1.54. The third-order valence-corrected chi connectivity index (χ3v) is 7.00. The van der Waals surface area contributed by atoms with E-state index in [0.29, 0.717) is 6.42 Å². The molecule has 0 aromatic heterocycles. The van der Waals surface area contributed by atoms with Crippen LogP contribution >= 0.6 is 0 Å². The maximum Gasteiger partial charge on any atom is 0.219 e. The molecule has 1 aliphatic carbocycles. The Kier molecular flexibility index (Phi) is 12.5. The lowest BCUT2D eigenvalue weighted by Crippen LogP contribution is -2.40. The molecule has 33 heavy (non-hydrogen) atoms. The van der Waals surface area contributed by atoms with Crippen molar-refractivity contribution < 1.29 is 9.28 Å². The Morgan fingerprint density at radius 2 is 1.45 bits per heavy atom. The van der Waals surface area contributed by atoms with Crippen LogP contribution in [-0.2, 0) is 4.79 Å². The summed E-state index contributed by atoms with van der Waals surface area (Å²) in [6.45, 7) is 8.27. The molecule has 0 aliphatic heterocycles. The SMILES string of the molecule is C=C1CC=C([N+](C)(C)CCCNC(=O)CCCCCCCCCCCCC)c2ccccc21. The normalized spacial score (nSPS) is 13.5. The van der Waals surface area contributed by atoms with Gasteiger partial charge >= 0.3 is 0 Å². The number of quaternary nitrogens is 1. The number of benzene rings is 1. The van der Waals surface area contributed by atoms with E-state index < -0.39 is 0 Å². The number of nitrogens with zero attached hydrogens (tertiary/aromatic N) is 1. The van der Waals surface area contributed by atoms with Crippen LogP contribution in [0.5, 0.6) is 0 Å². The standard InChI is InChI=1S/C30H48N2O/c1-5-6-7-8-9-10-11-12-13-14-15-21-30(33)31-24-18-25-32(3,4)29-23-22-26(2)27-19-16-17-20-28(27)29/h16-17,19-20,23H,2,5-15,18,21-22,24-25H2,1,3-4H3/p+1. The van der Waals surface area contributed by atoms with E-state index in [1.54, 1.807) is 0 Å². The van der Waals surface area contributed by atoms with Gasteiger partial charge in [-0.3, -0.25) is 9.28 Å². The van der Waals surface area contributed by atoms with Crippen molar-refractivity contribution in [2.45, 2.75) is 96.8 Å². The molecular weight excluding hydrogens is 404 g/mol. The van der Waals surface area contributed by atoms with Gasteiger partial charge in [0.15, 0.2) is 0 Å². The Labute approximate surface area is 203 Å². The van der Waals surface area contributed by atoms with E-state index in [0.717, 1.165) is 36.8 Å². The number of carbonyl (C=O) groups excluding carboxylic acids is 1. The number of hydrogen-bond donors (Lipinski definition) is 1. The van der Waals surface area contributed by atoms with Gasteiger partial charge < -0.3 is 5.32 Å². The Bertz CT molecular complexity index is 762. The summed E-state index contributed by atoms with van der Waals surface area (Å²) in [5.74, 6) is 0.217. The summed E-state index contributed by atoms with van der Waals surface area (Å²) >= 11 is 0. The van der Waals surface area contributed by atoms with Crippen molar-refractivity contribution in [3.63, 3.8) is 0 Å². The highest BCUT2D eigenvalue weighted by atomic mass is 16.1. The van der Waals surface area contributed by atoms with Gasteiger partial charge in [0.25, 0.3) is 0 Å². The molecule has 0 atom stereocenters. The minimum atomic E-state index is 0.217. The fourth-order valence-corrected chi connectivity index (χ4v) is 4.89. The monoisotopic (exact) mass is 453 g/mol. The molecule has 1 aromatic carbocycles. The van der Waals surface area contributed by atoms with Crippen molar-refractivity contribution in [2.75, 3.05) is 27.2 Å². The van der Waals surface area contributed by atoms with Crippen LogP contribution in [0.1, 0.15) is 108 Å². The summed E-state index contributed by atoms with van der Waals surface area (Å²) in [7, 11) is 4.54. The summed E-state index contributed by atoms with van der Waals surface area (Å²) in [5, 5.41) is 3.14. The Morgan fingerprint density at radius 1 is 0.879 bits per heavy atom. The highest BCUT2D eigenvalue weighted by molar-refractivity contribution is 5.81. The van der Waals surface area contributed by atoms with Crippen LogP contribution in [0.4, 0.5) is 0 Å². The molecule has 3 heteroatoms. The maximum atomic E-state index is 12.2. The molecule has 0 radical (unpaired) electrons. The topological polar surface area (TPSA) is 29.1 Å². The average molecular weight is 454 g/mol. The minimum Gasteiger partial charge on any atom is -0.356 e. The second kappa shape index (κ2) is 15.1. The van der Waals surface area contributed by atoms with E-state index in [9.17, 15) is 4.79 Å². The Hall–Kier alpha value is -1.87. The number of fused-ring (bicyclic) bond motifs is 1. The van der Waals surface area contributed by atoms with Crippen molar-refractivity contribution in [1.29, 1.82) is 0 Å². The second-order valence-electron chi connectivity index (χ2n) is 10.3. The first-order valence-electron chi connectivity index (χ1n) is 13.5. The van der Waals surface area contributed by atoms with Gasteiger partial charge in [0, 0.05) is 24.9 Å². The lowest BCUT2D eigenvalue weighted by atomic mass is 9.90. The van der Waals surface area contributed by atoms with Crippen LogP contribution < -0.4 is 5.32 Å². The zero-order chi connectivity index (χ0) is 23.9. The van der Waals surface area contributed by atoms with Crippen LogP contribution in [-0.4, -0.2) is 37.6 Å². The molecule has 0 unspecified atom stereocenters. The van der Waals surface area contributed by atoms with Crippen LogP contribution in [0, 0.1) is 0 Å². The van der Waals surface area contributed by atoms with E-state index in [1.807, 2.05) is 0 Å². The third kappa shape index (κ3) is 9.88. The quantitative estimate of drug-likeness (QED) is 0.190. The van der Waals surface area contributed by atoms with Gasteiger partial charge in [-0.05, 0) is 36.1 Å². The predicted octanol–water partition coefficient (Wildman–Crippen LogP) is 7.73. The summed E-state index contributed by atoms with van der Waals surface area (Å²) < 4.78 is 0.832. The fourth-order valence-electron chi connectivity index (χ4n) is 4.89. The molecule has 184 valence electrons. The van der Waals surface area contributed by atoms with E-state index >= 15 is 0 Å². The van der Waals surface area contributed by atoms with Crippen LogP contribution in [0.2, 0.25) is 0 Å². The van der Waals surface area contributed by atoms with Gasteiger partial charge in [-0.15, -0.1) is 0 Å². The number of hydrogen-bond acceptors (Lipinski definition) is 1. The van der Waals surface area contributed by atoms with E-state index in [1.165, 1.54) is 86.6 Å². The number of carbonyl (C=O) groups is 1. The van der Waals surface area contributed by atoms with Crippen LogP contribution in [0.3, 0.4) is 0 Å². The first-order chi connectivity index (χ1) is 16.0. The van der Waals surface area contributed by atoms with Gasteiger partial charge in [0.05, 0.1) is 20.6 Å². The van der Waals surface area contributed by atoms with Crippen LogP contribution in [0.15, 0.2) is 36.9 Å². The smallest absolute Gasteiger partial charge is 0.219 e. The van der Waals surface area contributed by atoms with Crippen molar-refractivity contribution >= 4 is 17.2 Å². The molecule has 1 N–H and O–H groups in total. The van der Waals surface area contributed by atoms with E-state index in [-0.39, 0.29) is 5.91 Å². The molecule has 0 bridgehead atoms. The number of unbranched alkanes of at least 4 members (excludes halogenated alkanes) is 10. The molecule has 1 aliphatic rings. The van der Waals surface area contributed by atoms with Gasteiger partial charge in [-0.2, -0.15) is 0 Å². The first kappa shape index (κ1) is 27.4. The summed E-state index contributed by atoms with van der Waals surface area (Å²) in [4.78, 5) is 12.2. The molecule has 3 nitrogen and oxygen atoms in total. The molecular formula is C30H49N2O+. The fraction of sp³-hybridized carbons (Fsp3) is 0.633. The van der Waals surface area contributed by atoms with Crippen molar-refractivity contribution in [3.8, 4) is 0 Å². The highest BCUT2D eigenvalue weighted by Gasteiger charge is 2.28. The average Bonchev–Trinajstić information content (AvgIpc) is 2.80. The molecule has 0 saturated heterocycles. The zero-order valence-corrected chi connectivity index (χ0v) is 21.8. The van der Waals surface area contributed by atoms with Crippen LogP contribution in [0.25, 0.3) is 11.3 Å². The lowest BCUT2D eigenvalue weighted by molar-refractivity contribution is -0.818. The van der Waals surface area contributed by atoms with E-state index in [4.69, 9.17) is 0 Å². The van der Waals surface area contributed by atoms with E-state index in [2.05, 4.69) is 63.3 Å². The predicted molar refractivity (Wildman–Crippen MR) is 144 cm³/mol. The zero-order valence-electron chi connectivity index (χ0n) is 21.8. The number of allylic oxidation sites excluding steroid dienone is 2. The van der Waals surface area contributed by atoms with Crippen molar-refractivity contribution in [2.24, 2.45) is 0 Å². The first-order valence-corrected chi connectivity index (χ1v) is 13.5. The molecule has 0 heterocycles. The minimum absolute atomic E-state index is 0.217. The van der Waals surface area contributed by atoms with Crippen molar-refractivity contribution in [1.82, 2.24) is 5.32 Å². The van der Waals surface area contributed by atoms with Gasteiger partial charge in [0.2, 0.25) is 5.91 Å². The molecule has 0 fully saturated rings. The van der Waals surface area contributed by atoms with Gasteiger partial charge in [-0.1, -0.05) is 95.9 Å².